The summed E-state index contributed by atoms with van der Waals surface area (Å²) in [4.78, 5) is 7.83. The predicted octanol–water partition coefficient (Wildman–Crippen LogP) is 4.44. The lowest BCUT2D eigenvalue weighted by Crippen LogP contribution is -2.47. The molecule has 1 saturated heterocycles. The Morgan fingerprint density at radius 2 is 1.57 bits per heavy atom. The number of aliphatic imine (C=N–C) groups is 1. The molecule has 0 aromatic heterocycles. The van der Waals surface area contributed by atoms with Crippen molar-refractivity contribution in [3.05, 3.63) is 11.3 Å². The van der Waals surface area contributed by atoms with Crippen LogP contribution in [0.1, 0.15) is 68.7 Å². The number of hydrogen-bond donors (Lipinski definition) is 1. The van der Waals surface area contributed by atoms with Gasteiger partial charge < -0.3 is 10.6 Å². The van der Waals surface area contributed by atoms with Crippen LogP contribution in [0.3, 0.4) is 0 Å². The molecule has 2 heterocycles. The zero-order valence-electron chi connectivity index (χ0n) is 16.7. The number of amidine groups is 1. The fourth-order valence-electron chi connectivity index (χ4n) is 3.93. The van der Waals surface area contributed by atoms with Gasteiger partial charge in [-0.3, -0.25) is 4.99 Å². The first kappa shape index (κ1) is 18.5. The number of hydrogen-bond acceptors (Lipinski definition) is 3. The van der Waals surface area contributed by atoms with Gasteiger partial charge in [-0.2, -0.15) is 0 Å². The van der Waals surface area contributed by atoms with E-state index in [4.69, 9.17) is 10.7 Å². The zero-order valence-corrected chi connectivity index (χ0v) is 16.7. The summed E-state index contributed by atoms with van der Waals surface area (Å²) in [5, 5.41) is 0. The Balaban J connectivity index is 2.66. The molecule has 0 aliphatic carbocycles. The number of allylic oxidation sites excluding steroid dienone is 1. The van der Waals surface area contributed by atoms with E-state index >= 15 is 0 Å². The van der Waals surface area contributed by atoms with Gasteiger partial charge in [-0.1, -0.05) is 62.3 Å². The van der Waals surface area contributed by atoms with Crippen LogP contribution in [0.5, 0.6) is 0 Å². The highest BCUT2D eigenvalue weighted by Gasteiger charge is 2.46. The van der Waals surface area contributed by atoms with Gasteiger partial charge >= 0.3 is 0 Å². The summed E-state index contributed by atoms with van der Waals surface area (Å²) in [6.45, 7) is 22.6. The maximum Gasteiger partial charge on any atom is 0.109 e. The fraction of sp³-hybridized carbons (Fsp3) is 0.850. The summed E-state index contributed by atoms with van der Waals surface area (Å²) in [7, 11) is 0. The largest absolute Gasteiger partial charge is 0.333 e. The average Bonchev–Trinajstić information content (AvgIpc) is 2.76. The highest BCUT2D eigenvalue weighted by atomic mass is 15.3. The maximum atomic E-state index is 6.03. The summed E-state index contributed by atoms with van der Waals surface area (Å²) >= 11 is 0. The third-order valence-corrected chi connectivity index (χ3v) is 4.97. The molecule has 1 fully saturated rings. The van der Waals surface area contributed by atoms with Gasteiger partial charge in [0, 0.05) is 17.7 Å². The van der Waals surface area contributed by atoms with Crippen LogP contribution in [0.4, 0.5) is 0 Å². The first-order valence-corrected chi connectivity index (χ1v) is 9.06. The lowest BCUT2D eigenvalue weighted by molar-refractivity contribution is 0.285. The van der Waals surface area contributed by atoms with E-state index in [1.54, 1.807) is 0 Å². The third kappa shape index (κ3) is 3.50. The molecule has 2 aliphatic heterocycles. The van der Waals surface area contributed by atoms with Crippen LogP contribution in [-0.4, -0.2) is 29.9 Å². The molecule has 0 spiro atoms. The Morgan fingerprint density at radius 1 is 1.00 bits per heavy atom. The van der Waals surface area contributed by atoms with E-state index in [1.807, 2.05) is 0 Å². The minimum atomic E-state index is 0.0572. The van der Waals surface area contributed by atoms with E-state index < -0.39 is 0 Å². The predicted molar refractivity (Wildman–Crippen MR) is 100 cm³/mol. The molecule has 2 N–H and O–H groups in total. The van der Waals surface area contributed by atoms with Crippen molar-refractivity contribution < 1.29 is 0 Å². The maximum absolute atomic E-state index is 6.03. The van der Waals surface area contributed by atoms with Crippen LogP contribution in [0.15, 0.2) is 16.3 Å². The number of fused-ring (bicyclic) bond motifs is 1. The second-order valence-corrected chi connectivity index (χ2v) is 10.5. The highest BCUT2D eigenvalue weighted by molar-refractivity contribution is 5.90. The second-order valence-electron chi connectivity index (χ2n) is 10.5. The van der Waals surface area contributed by atoms with Crippen molar-refractivity contribution in [3.63, 3.8) is 0 Å². The van der Waals surface area contributed by atoms with E-state index in [-0.39, 0.29) is 22.3 Å². The van der Waals surface area contributed by atoms with Crippen LogP contribution < -0.4 is 5.73 Å². The van der Waals surface area contributed by atoms with Crippen molar-refractivity contribution >= 4 is 5.84 Å². The van der Waals surface area contributed by atoms with Gasteiger partial charge in [0.05, 0.1) is 6.04 Å². The number of nitrogens with two attached hydrogens (primary N) is 1. The molecular weight excluding hydrogens is 282 g/mol. The van der Waals surface area contributed by atoms with Gasteiger partial charge in [-0.05, 0) is 35.3 Å². The van der Waals surface area contributed by atoms with Gasteiger partial charge in [-0.15, -0.1) is 0 Å². The normalized spacial score (nSPS) is 26.5. The fourth-order valence-corrected chi connectivity index (χ4v) is 3.93. The minimum Gasteiger partial charge on any atom is -0.333 e. The SMILES string of the molecule is CC(C)(C)C1=NC(C(C)(C)C)C(C(C)(C)C)=C2CC(CN)CN12. The molecule has 0 saturated carbocycles. The van der Waals surface area contributed by atoms with Gasteiger partial charge in [0.2, 0.25) is 0 Å². The first-order chi connectivity index (χ1) is 10.3. The highest BCUT2D eigenvalue weighted by Crippen LogP contribution is 2.48. The lowest BCUT2D eigenvalue weighted by Gasteiger charge is -2.45. The summed E-state index contributed by atoms with van der Waals surface area (Å²) in [5.41, 5.74) is 9.37. The smallest absolute Gasteiger partial charge is 0.109 e. The topological polar surface area (TPSA) is 41.6 Å². The van der Waals surface area contributed by atoms with E-state index in [2.05, 4.69) is 67.2 Å². The summed E-state index contributed by atoms with van der Waals surface area (Å²) in [5.74, 6) is 1.80. The molecule has 2 atom stereocenters. The molecule has 2 rings (SSSR count). The second kappa shape index (κ2) is 5.61. The van der Waals surface area contributed by atoms with Crippen molar-refractivity contribution in [2.45, 2.75) is 74.8 Å². The molecular formula is C20H37N3. The zero-order chi connectivity index (χ0) is 17.8. The van der Waals surface area contributed by atoms with Crippen molar-refractivity contribution in [1.29, 1.82) is 0 Å². The Bertz CT molecular complexity index is 521. The standard InChI is InChI=1S/C20H37N3/c1-18(2,3)15-14-10-13(11-21)12-23(14)17(20(7,8)9)22-16(15)19(4,5)6/h13,16H,10-12,21H2,1-9H3. The van der Waals surface area contributed by atoms with Gasteiger partial charge in [0.1, 0.15) is 5.84 Å². The van der Waals surface area contributed by atoms with Crippen LogP contribution >= 0.6 is 0 Å². The van der Waals surface area contributed by atoms with Crippen LogP contribution in [-0.2, 0) is 0 Å². The number of rotatable bonds is 1. The van der Waals surface area contributed by atoms with Crippen LogP contribution in [0.25, 0.3) is 0 Å². The van der Waals surface area contributed by atoms with Crippen molar-refractivity contribution in [2.75, 3.05) is 13.1 Å². The van der Waals surface area contributed by atoms with E-state index in [1.165, 1.54) is 17.1 Å². The van der Waals surface area contributed by atoms with E-state index in [0.29, 0.717) is 5.92 Å². The molecule has 2 unspecified atom stereocenters. The lowest BCUT2D eigenvalue weighted by atomic mass is 9.70. The van der Waals surface area contributed by atoms with Crippen molar-refractivity contribution in [3.8, 4) is 0 Å². The van der Waals surface area contributed by atoms with Gasteiger partial charge in [0.25, 0.3) is 0 Å². The minimum absolute atomic E-state index is 0.0572. The molecule has 2 aliphatic rings. The van der Waals surface area contributed by atoms with E-state index in [0.717, 1.165) is 19.5 Å². The van der Waals surface area contributed by atoms with Crippen molar-refractivity contribution in [2.24, 2.45) is 32.9 Å². The molecule has 132 valence electrons. The molecule has 0 aromatic rings. The van der Waals surface area contributed by atoms with Crippen LogP contribution in [0, 0.1) is 22.2 Å². The van der Waals surface area contributed by atoms with Gasteiger partial charge in [-0.25, -0.2) is 0 Å². The summed E-state index contributed by atoms with van der Waals surface area (Å²) < 4.78 is 0. The van der Waals surface area contributed by atoms with Crippen molar-refractivity contribution in [1.82, 2.24) is 4.90 Å². The van der Waals surface area contributed by atoms with Crippen LogP contribution in [0.2, 0.25) is 0 Å². The Morgan fingerprint density at radius 3 is 1.96 bits per heavy atom. The Labute approximate surface area is 143 Å². The molecule has 3 heteroatoms. The molecule has 23 heavy (non-hydrogen) atoms. The van der Waals surface area contributed by atoms with Gasteiger partial charge in [0.15, 0.2) is 0 Å². The first-order valence-electron chi connectivity index (χ1n) is 9.06. The molecule has 0 bridgehead atoms. The molecule has 0 aromatic carbocycles. The quantitative estimate of drug-likeness (QED) is 0.776. The molecule has 3 nitrogen and oxygen atoms in total. The van der Waals surface area contributed by atoms with E-state index in [9.17, 15) is 0 Å². The molecule has 0 amide bonds. The average molecular weight is 320 g/mol. The summed E-state index contributed by atoms with van der Waals surface area (Å²) in [6.07, 6.45) is 1.10. The number of nitrogens with zero attached hydrogens (tertiary/aromatic N) is 2. The Hall–Kier alpha value is -0.830. The monoisotopic (exact) mass is 319 g/mol. The Kier molecular flexibility index (Phi) is 4.52. The summed E-state index contributed by atoms with van der Waals surface area (Å²) in [6, 6.07) is 0.250. The molecule has 0 radical (unpaired) electrons. The third-order valence-electron chi connectivity index (χ3n) is 4.97.